The standard InChI is InChI=1S/C20H22N2O4/c1-19(10-26-19)17-11-7-16-20(8-14(21-17)12(11)9-25-16)13-5-3-4-6-15(13)22(24-2)18(20)23/h3-6,11-12,14,16H,7-10H2,1-2H3/t11-,12+,14+,16-,19?,20+/m1/s1. The van der Waals surface area contributed by atoms with E-state index >= 15 is 0 Å². The minimum Gasteiger partial charge on any atom is -0.376 e. The van der Waals surface area contributed by atoms with Crippen molar-refractivity contribution in [3.8, 4) is 0 Å². The Morgan fingerprint density at radius 2 is 2.15 bits per heavy atom. The summed E-state index contributed by atoms with van der Waals surface area (Å²) >= 11 is 0. The van der Waals surface area contributed by atoms with Gasteiger partial charge in [-0.15, -0.1) is 0 Å². The van der Waals surface area contributed by atoms with E-state index in [0.717, 1.165) is 24.3 Å². The van der Waals surface area contributed by atoms with Gasteiger partial charge in [0, 0.05) is 11.8 Å². The Morgan fingerprint density at radius 1 is 1.35 bits per heavy atom. The number of aliphatic imine (C=N–C) groups is 1. The van der Waals surface area contributed by atoms with Crippen molar-refractivity contribution in [2.45, 2.75) is 42.9 Å². The molecule has 1 aromatic carbocycles. The number of ether oxygens (including phenoxy) is 2. The Labute approximate surface area is 152 Å². The number of amides is 1. The zero-order valence-corrected chi connectivity index (χ0v) is 15.0. The van der Waals surface area contributed by atoms with Crippen LogP contribution in [0.15, 0.2) is 29.3 Å². The highest BCUT2D eigenvalue weighted by Gasteiger charge is 2.66. The van der Waals surface area contributed by atoms with Crippen molar-refractivity contribution >= 4 is 17.3 Å². The zero-order valence-electron chi connectivity index (χ0n) is 15.0. The van der Waals surface area contributed by atoms with Crippen LogP contribution in [0.4, 0.5) is 5.69 Å². The summed E-state index contributed by atoms with van der Waals surface area (Å²) in [5.74, 6) is 0.713. The summed E-state index contributed by atoms with van der Waals surface area (Å²) in [6, 6.07) is 8.06. The Balaban J connectivity index is 1.51. The maximum Gasteiger partial charge on any atom is 0.264 e. The highest BCUT2D eigenvalue weighted by Crippen LogP contribution is 2.58. The molecular weight excluding hydrogens is 332 g/mol. The Bertz CT molecular complexity index is 848. The molecule has 3 saturated heterocycles. The molecule has 4 bridgehead atoms. The van der Waals surface area contributed by atoms with Crippen molar-refractivity contribution in [2.24, 2.45) is 16.8 Å². The molecule has 1 saturated carbocycles. The number of benzene rings is 1. The van der Waals surface area contributed by atoms with Gasteiger partial charge in [-0.05, 0) is 31.4 Å². The zero-order chi connectivity index (χ0) is 17.7. The van der Waals surface area contributed by atoms with Gasteiger partial charge in [-0.25, -0.2) is 0 Å². The fourth-order valence-electron chi connectivity index (χ4n) is 5.79. The largest absolute Gasteiger partial charge is 0.376 e. The lowest BCUT2D eigenvalue weighted by Crippen LogP contribution is -2.51. The molecular formula is C20H22N2O4. The van der Waals surface area contributed by atoms with Gasteiger partial charge in [0.25, 0.3) is 5.91 Å². The van der Waals surface area contributed by atoms with Crippen LogP contribution in [0.5, 0.6) is 0 Å². The summed E-state index contributed by atoms with van der Waals surface area (Å²) in [5, 5.41) is 1.45. The average molecular weight is 354 g/mol. The van der Waals surface area contributed by atoms with Gasteiger partial charge in [-0.2, -0.15) is 5.06 Å². The third-order valence-corrected chi connectivity index (χ3v) is 7.18. The van der Waals surface area contributed by atoms with Crippen molar-refractivity contribution in [3.63, 3.8) is 0 Å². The molecule has 0 N–H and O–H groups in total. The third kappa shape index (κ3) is 1.64. The van der Waals surface area contributed by atoms with Crippen LogP contribution in [0.3, 0.4) is 0 Å². The van der Waals surface area contributed by atoms with E-state index in [-0.39, 0.29) is 23.7 Å². The quantitative estimate of drug-likeness (QED) is 0.761. The average Bonchev–Trinajstić information content (AvgIpc) is 3.29. The summed E-state index contributed by atoms with van der Waals surface area (Å²) < 4.78 is 12.0. The lowest BCUT2D eigenvalue weighted by molar-refractivity contribution is -0.137. The number of hydrogen-bond acceptors (Lipinski definition) is 5. The summed E-state index contributed by atoms with van der Waals surface area (Å²) in [6.45, 7) is 3.57. The van der Waals surface area contributed by atoms with Crippen LogP contribution in [-0.2, 0) is 24.5 Å². The number of nitrogens with zero attached hydrogens (tertiary/aromatic N) is 2. The first-order valence-corrected chi connectivity index (χ1v) is 9.40. The normalized spacial score (nSPS) is 45.1. The van der Waals surface area contributed by atoms with Gasteiger partial charge in [0.05, 0.1) is 43.9 Å². The van der Waals surface area contributed by atoms with Gasteiger partial charge in [0.1, 0.15) is 11.0 Å². The molecule has 1 aromatic rings. The molecule has 4 fully saturated rings. The molecule has 1 amide bonds. The van der Waals surface area contributed by atoms with Gasteiger partial charge in [0.15, 0.2) is 0 Å². The first-order valence-electron chi connectivity index (χ1n) is 9.40. The Morgan fingerprint density at radius 3 is 2.92 bits per heavy atom. The maximum atomic E-state index is 13.5. The van der Waals surface area contributed by atoms with Crippen LogP contribution in [0.1, 0.15) is 25.3 Å². The molecule has 0 radical (unpaired) electrons. The topological polar surface area (TPSA) is 63.7 Å². The summed E-state index contributed by atoms with van der Waals surface area (Å²) in [6.07, 6.45) is 1.38. The number of rotatable bonds is 2. The molecule has 26 heavy (non-hydrogen) atoms. The van der Waals surface area contributed by atoms with E-state index in [1.807, 2.05) is 18.2 Å². The second-order valence-electron chi connectivity index (χ2n) is 8.40. The van der Waals surface area contributed by atoms with Crippen molar-refractivity contribution in [3.05, 3.63) is 29.8 Å². The first kappa shape index (κ1) is 15.3. The molecule has 0 aromatic heterocycles. The fraction of sp³-hybridized carbons (Fsp3) is 0.600. The highest BCUT2D eigenvalue weighted by molar-refractivity contribution is 6.08. The fourth-order valence-corrected chi connectivity index (χ4v) is 5.79. The number of anilines is 1. The predicted molar refractivity (Wildman–Crippen MR) is 94.1 cm³/mol. The van der Waals surface area contributed by atoms with Gasteiger partial charge >= 0.3 is 0 Å². The van der Waals surface area contributed by atoms with Crippen molar-refractivity contribution in [2.75, 3.05) is 25.4 Å². The van der Waals surface area contributed by atoms with Crippen LogP contribution in [-0.4, -0.2) is 49.7 Å². The first-order chi connectivity index (χ1) is 12.6. The number of para-hydroxylation sites is 1. The summed E-state index contributed by atoms with van der Waals surface area (Å²) in [7, 11) is 1.55. The summed E-state index contributed by atoms with van der Waals surface area (Å²) in [5.41, 5.74) is 2.20. The molecule has 6 nitrogen and oxygen atoms in total. The van der Waals surface area contributed by atoms with E-state index in [0.29, 0.717) is 24.9 Å². The monoisotopic (exact) mass is 354 g/mol. The second kappa shape index (κ2) is 4.74. The van der Waals surface area contributed by atoms with Gasteiger partial charge < -0.3 is 9.47 Å². The predicted octanol–water partition coefficient (Wildman–Crippen LogP) is 1.87. The smallest absolute Gasteiger partial charge is 0.264 e. The minimum atomic E-state index is -0.693. The van der Waals surface area contributed by atoms with Crippen LogP contribution < -0.4 is 5.06 Å². The van der Waals surface area contributed by atoms with E-state index in [9.17, 15) is 4.79 Å². The number of hydroxylamine groups is 1. The van der Waals surface area contributed by atoms with Crippen molar-refractivity contribution in [1.82, 2.24) is 0 Å². The van der Waals surface area contributed by atoms with E-state index in [1.54, 1.807) is 7.11 Å². The van der Waals surface area contributed by atoms with E-state index in [4.69, 9.17) is 19.3 Å². The molecule has 1 unspecified atom stereocenters. The molecule has 5 aliphatic heterocycles. The van der Waals surface area contributed by atoms with E-state index in [2.05, 4.69) is 13.0 Å². The van der Waals surface area contributed by atoms with E-state index in [1.165, 1.54) is 10.8 Å². The van der Waals surface area contributed by atoms with Crippen LogP contribution >= 0.6 is 0 Å². The van der Waals surface area contributed by atoms with Crippen molar-refractivity contribution in [1.29, 1.82) is 0 Å². The van der Waals surface area contributed by atoms with Gasteiger partial charge in [-0.1, -0.05) is 18.2 Å². The maximum absolute atomic E-state index is 13.5. The molecule has 6 aliphatic rings. The molecule has 6 heteroatoms. The Kier molecular flexibility index (Phi) is 2.79. The molecule has 5 heterocycles. The summed E-state index contributed by atoms with van der Waals surface area (Å²) in [4.78, 5) is 24.1. The molecule has 1 spiro atoms. The lowest BCUT2D eigenvalue weighted by atomic mass is 9.71. The highest BCUT2D eigenvalue weighted by atomic mass is 16.7. The second-order valence-corrected chi connectivity index (χ2v) is 8.40. The lowest BCUT2D eigenvalue weighted by Gasteiger charge is -2.38. The number of epoxide rings is 1. The van der Waals surface area contributed by atoms with Gasteiger partial charge in [0.2, 0.25) is 0 Å². The molecule has 136 valence electrons. The molecule has 7 rings (SSSR count). The van der Waals surface area contributed by atoms with Crippen LogP contribution in [0.2, 0.25) is 0 Å². The number of carbonyl (C=O) groups excluding carboxylic acids is 1. The number of hydrogen-bond donors (Lipinski definition) is 0. The van der Waals surface area contributed by atoms with Gasteiger partial charge in [-0.3, -0.25) is 14.6 Å². The number of fused-ring (bicyclic) bond motifs is 2. The van der Waals surface area contributed by atoms with Crippen LogP contribution in [0.25, 0.3) is 0 Å². The van der Waals surface area contributed by atoms with Crippen molar-refractivity contribution < 1.29 is 19.1 Å². The number of carbonyl (C=O) groups is 1. The molecule has 1 aliphatic carbocycles. The minimum absolute atomic E-state index is 0.00923. The Hall–Kier alpha value is -1.76. The molecule has 6 atom stereocenters. The SMILES string of the molecule is CON1C(=O)[C@@]2(C[C@@H]3N=C(C4(C)CO4)[C@@H]4C[C@H]2OC[C@H]34)c2ccccc21. The third-order valence-electron chi connectivity index (χ3n) is 7.18. The van der Waals surface area contributed by atoms with E-state index < -0.39 is 5.41 Å². The van der Waals surface area contributed by atoms with Crippen LogP contribution in [0, 0.1) is 11.8 Å².